The summed E-state index contributed by atoms with van der Waals surface area (Å²) >= 11 is 11.7. The number of amides is 1. The molecule has 5 heteroatoms. The van der Waals surface area contributed by atoms with Crippen LogP contribution in [0, 0.1) is 0 Å². The predicted octanol–water partition coefficient (Wildman–Crippen LogP) is 3.11. The molecule has 0 saturated heterocycles. The first-order chi connectivity index (χ1) is 8.58. The van der Waals surface area contributed by atoms with E-state index in [0.717, 1.165) is 13.0 Å². The third-order valence-electron chi connectivity index (χ3n) is 2.68. The molecule has 0 heterocycles. The highest BCUT2D eigenvalue weighted by Crippen LogP contribution is 2.22. The number of rotatable bonds is 6. The number of halogens is 2. The van der Waals surface area contributed by atoms with Gasteiger partial charge >= 0.3 is 0 Å². The van der Waals surface area contributed by atoms with Crippen molar-refractivity contribution in [2.45, 2.75) is 26.3 Å². The van der Waals surface area contributed by atoms with Gasteiger partial charge in [-0.05, 0) is 31.2 Å². The van der Waals surface area contributed by atoms with Crippen molar-refractivity contribution < 1.29 is 4.79 Å². The Hall–Kier alpha value is -0.770. The molecule has 1 aromatic carbocycles. The first kappa shape index (κ1) is 15.3. The monoisotopic (exact) mass is 288 g/mol. The molecule has 1 aromatic rings. The largest absolute Gasteiger partial charge is 0.350 e. The van der Waals surface area contributed by atoms with Crippen molar-refractivity contribution in [3.63, 3.8) is 0 Å². The second kappa shape index (κ2) is 7.62. The van der Waals surface area contributed by atoms with E-state index in [1.807, 2.05) is 6.92 Å². The molecule has 1 atom stereocenters. The van der Waals surface area contributed by atoms with Gasteiger partial charge in [0.1, 0.15) is 0 Å². The molecule has 1 rings (SSSR count). The van der Waals surface area contributed by atoms with Crippen molar-refractivity contribution in [3.05, 3.63) is 33.8 Å². The first-order valence-electron chi connectivity index (χ1n) is 6.05. The maximum absolute atomic E-state index is 11.9. The Bertz CT molecular complexity index is 410. The lowest BCUT2D eigenvalue weighted by atomic mass is 10.2. The van der Waals surface area contributed by atoms with Crippen LogP contribution in [0.1, 0.15) is 30.6 Å². The molecule has 0 aliphatic carbocycles. The molecule has 0 bridgehead atoms. The zero-order chi connectivity index (χ0) is 13.5. The third kappa shape index (κ3) is 4.48. The van der Waals surface area contributed by atoms with Gasteiger partial charge in [-0.3, -0.25) is 4.79 Å². The lowest BCUT2D eigenvalue weighted by Crippen LogP contribution is -2.40. The summed E-state index contributed by atoms with van der Waals surface area (Å²) in [6.07, 6.45) is 0.968. The fourth-order valence-corrected chi connectivity index (χ4v) is 1.90. The highest BCUT2D eigenvalue weighted by atomic mass is 35.5. The van der Waals surface area contributed by atoms with E-state index >= 15 is 0 Å². The van der Waals surface area contributed by atoms with Crippen molar-refractivity contribution >= 4 is 29.1 Å². The number of benzene rings is 1. The van der Waals surface area contributed by atoms with E-state index in [2.05, 4.69) is 17.6 Å². The van der Waals surface area contributed by atoms with Crippen LogP contribution in [0.2, 0.25) is 10.0 Å². The van der Waals surface area contributed by atoms with E-state index in [9.17, 15) is 4.79 Å². The van der Waals surface area contributed by atoms with Crippen LogP contribution in [0.5, 0.6) is 0 Å². The van der Waals surface area contributed by atoms with Gasteiger partial charge in [-0.15, -0.1) is 0 Å². The van der Waals surface area contributed by atoms with Crippen molar-refractivity contribution in [3.8, 4) is 0 Å². The van der Waals surface area contributed by atoms with Crippen LogP contribution in [0.3, 0.4) is 0 Å². The van der Waals surface area contributed by atoms with Gasteiger partial charge in [0.2, 0.25) is 0 Å². The average molecular weight is 289 g/mol. The molecule has 100 valence electrons. The van der Waals surface area contributed by atoms with Gasteiger partial charge in [-0.25, -0.2) is 0 Å². The Morgan fingerprint density at radius 3 is 2.56 bits per heavy atom. The van der Waals surface area contributed by atoms with Gasteiger partial charge in [0.05, 0.1) is 10.0 Å². The van der Waals surface area contributed by atoms with E-state index < -0.39 is 0 Å². The molecule has 0 aromatic heterocycles. The Morgan fingerprint density at radius 2 is 2.00 bits per heavy atom. The molecule has 0 radical (unpaired) electrons. The quantitative estimate of drug-likeness (QED) is 0.845. The molecular weight excluding hydrogens is 271 g/mol. The van der Waals surface area contributed by atoms with Crippen molar-refractivity contribution in [1.82, 2.24) is 10.6 Å². The Balaban J connectivity index is 2.57. The molecule has 3 nitrogen and oxygen atoms in total. The zero-order valence-corrected chi connectivity index (χ0v) is 12.1. The van der Waals surface area contributed by atoms with E-state index in [1.54, 1.807) is 18.2 Å². The zero-order valence-electron chi connectivity index (χ0n) is 10.6. The maximum Gasteiger partial charge on any atom is 0.251 e. The molecule has 1 amide bonds. The van der Waals surface area contributed by atoms with E-state index in [1.165, 1.54) is 0 Å². The highest BCUT2D eigenvalue weighted by molar-refractivity contribution is 6.42. The number of carbonyl (C=O) groups excluding carboxylic acids is 1. The minimum Gasteiger partial charge on any atom is -0.350 e. The van der Waals surface area contributed by atoms with Crippen molar-refractivity contribution in [2.75, 3.05) is 13.1 Å². The van der Waals surface area contributed by atoms with Crippen LogP contribution < -0.4 is 10.6 Å². The average Bonchev–Trinajstić information content (AvgIpc) is 2.37. The van der Waals surface area contributed by atoms with Gasteiger partial charge in [0.25, 0.3) is 5.91 Å². The maximum atomic E-state index is 11.9. The third-order valence-corrected chi connectivity index (χ3v) is 3.42. The normalized spacial score (nSPS) is 12.2. The minimum absolute atomic E-state index is 0.134. The SMILES string of the molecule is CCNC(CC)CNC(=O)c1ccc(Cl)c(Cl)c1. The molecule has 0 aliphatic heterocycles. The molecular formula is C13H18Cl2N2O. The van der Waals surface area contributed by atoms with Crippen LogP contribution in [-0.4, -0.2) is 25.0 Å². The van der Waals surface area contributed by atoms with Crippen LogP contribution in [0.15, 0.2) is 18.2 Å². The Labute approximate surface area is 118 Å². The van der Waals surface area contributed by atoms with Gasteiger partial charge in [-0.1, -0.05) is 37.0 Å². The van der Waals surface area contributed by atoms with Crippen molar-refractivity contribution in [2.24, 2.45) is 0 Å². The lowest BCUT2D eigenvalue weighted by Gasteiger charge is -2.16. The van der Waals surface area contributed by atoms with Gasteiger partial charge in [0, 0.05) is 18.2 Å². The Kier molecular flexibility index (Phi) is 6.47. The molecule has 0 aliphatic rings. The van der Waals surface area contributed by atoms with E-state index in [0.29, 0.717) is 28.2 Å². The smallest absolute Gasteiger partial charge is 0.251 e. The predicted molar refractivity (Wildman–Crippen MR) is 76.6 cm³/mol. The number of hydrogen-bond acceptors (Lipinski definition) is 2. The second-order valence-electron chi connectivity index (χ2n) is 4.00. The van der Waals surface area contributed by atoms with Gasteiger partial charge in [-0.2, -0.15) is 0 Å². The van der Waals surface area contributed by atoms with Crippen LogP contribution >= 0.6 is 23.2 Å². The lowest BCUT2D eigenvalue weighted by molar-refractivity contribution is 0.0949. The fraction of sp³-hybridized carbons (Fsp3) is 0.462. The van der Waals surface area contributed by atoms with Crippen LogP contribution in [-0.2, 0) is 0 Å². The molecule has 0 fully saturated rings. The minimum atomic E-state index is -0.134. The number of hydrogen-bond donors (Lipinski definition) is 2. The summed E-state index contributed by atoms with van der Waals surface area (Å²) in [5.41, 5.74) is 0.524. The molecule has 0 saturated carbocycles. The first-order valence-corrected chi connectivity index (χ1v) is 6.80. The molecule has 1 unspecified atom stereocenters. The summed E-state index contributed by atoms with van der Waals surface area (Å²) in [7, 11) is 0. The number of carbonyl (C=O) groups is 1. The summed E-state index contributed by atoms with van der Waals surface area (Å²) < 4.78 is 0. The summed E-state index contributed by atoms with van der Waals surface area (Å²) in [4.78, 5) is 11.9. The second-order valence-corrected chi connectivity index (χ2v) is 4.82. The molecule has 2 N–H and O–H groups in total. The van der Waals surface area contributed by atoms with Crippen LogP contribution in [0.4, 0.5) is 0 Å². The van der Waals surface area contributed by atoms with Crippen molar-refractivity contribution in [1.29, 1.82) is 0 Å². The molecule has 0 spiro atoms. The van der Waals surface area contributed by atoms with Gasteiger partial charge in [0.15, 0.2) is 0 Å². The van der Waals surface area contributed by atoms with Gasteiger partial charge < -0.3 is 10.6 Å². The number of nitrogens with one attached hydrogen (secondary N) is 2. The summed E-state index contributed by atoms with van der Waals surface area (Å²) in [5.74, 6) is -0.134. The van der Waals surface area contributed by atoms with Crippen LogP contribution in [0.25, 0.3) is 0 Å². The standard InChI is InChI=1S/C13H18Cl2N2O/c1-3-10(16-4-2)8-17-13(18)9-5-6-11(14)12(15)7-9/h5-7,10,16H,3-4,8H2,1-2H3,(H,17,18). The fourth-order valence-electron chi connectivity index (χ4n) is 1.60. The Morgan fingerprint density at radius 1 is 1.28 bits per heavy atom. The summed E-state index contributed by atoms with van der Waals surface area (Å²) in [6.45, 7) is 5.62. The van der Waals surface area contributed by atoms with E-state index in [-0.39, 0.29) is 5.91 Å². The number of likely N-dealkylation sites (N-methyl/N-ethyl adjacent to an activating group) is 1. The topological polar surface area (TPSA) is 41.1 Å². The van der Waals surface area contributed by atoms with E-state index in [4.69, 9.17) is 23.2 Å². The highest BCUT2D eigenvalue weighted by Gasteiger charge is 2.10. The molecule has 18 heavy (non-hydrogen) atoms. The summed E-state index contributed by atoms with van der Waals surface area (Å²) in [6, 6.07) is 5.16. The summed E-state index contributed by atoms with van der Waals surface area (Å²) in [5, 5.41) is 7.02.